The summed E-state index contributed by atoms with van der Waals surface area (Å²) >= 11 is 1.70. The summed E-state index contributed by atoms with van der Waals surface area (Å²) in [6.07, 6.45) is 0. The Kier molecular flexibility index (Phi) is 7.11. The van der Waals surface area contributed by atoms with Crippen LogP contribution in [0.3, 0.4) is 0 Å². The summed E-state index contributed by atoms with van der Waals surface area (Å²) in [5, 5.41) is 0.758. The van der Waals surface area contributed by atoms with Gasteiger partial charge in [-0.25, -0.2) is 0 Å². The van der Waals surface area contributed by atoms with Gasteiger partial charge in [-0.2, -0.15) is 11.8 Å². The molecule has 0 aliphatic heterocycles. The number of hydrogen-bond acceptors (Lipinski definition) is 5. The molecule has 0 aliphatic carbocycles. The highest BCUT2D eigenvalue weighted by atomic mass is 32.2. The summed E-state index contributed by atoms with van der Waals surface area (Å²) in [7, 11) is 2.49. The van der Waals surface area contributed by atoms with Crippen LogP contribution in [-0.4, -0.2) is 47.8 Å². The van der Waals surface area contributed by atoms with E-state index in [1.54, 1.807) is 33.1 Å². The van der Waals surface area contributed by atoms with Gasteiger partial charge < -0.3 is 19.0 Å². The minimum absolute atomic E-state index is 0.673. The molecule has 0 amide bonds. The van der Waals surface area contributed by atoms with Gasteiger partial charge in [-0.1, -0.05) is 0 Å². The van der Waals surface area contributed by atoms with Gasteiger partial charge >= 0.3 is 8.80 Å². The van der Waals surface area contributed by atoms with Crippen molar-refractivity contribution in [1.29, 1.82) is 0 Å². The van der Waals surface area contributed by atoms with E-state index < -0.39 is 8.80 Å². The molecule has 0 bridgehead atoms. The van der Waals surface area contributed by atoms with Gasteiger partial charge in [-0.15, -0.1) is 0 Å². The third-order valence-electron chi connectivity index (χ3n) is 1.47. The van der Waals surface area contributed by atoms with Crippen LogP contribution < -0.4 is 5.73 Å². The summed E-state index contributed by atoms with van der Waals surface area (Å²) in [6.45, 7) is 0.673. The van der Waals surface area contributed by atoms with Crippen LogP contribution >= 0.6 is 11.8 Å². The van der Waals surface area contributed by atoms with Gasteiger partial charge in [0.05, 0.1) is 5.38 Å². The zero-order valence-corrected chi connectivity index (χ0v) is 9.65. The summed E-state index contributed by atoms with van der Waals surface area (Å²) in [5.74, 6) is 0.908. The van der Waals surface area contributed by atoms with Gasteiger partial charge in [0.2, 0.25) is 0 Å². The summed E-state index contributed by atoms with van der Waals surface area (Å²) in [6, 6.07) is 0. The third kappa shape index (κ3) is 3.88. The summed E-state index contributed by atoms with van der Waals surface area (Å²) < 4.78 is 15.6. The summed E-state index contributed by atoms with van der Waals surface area (Å²) in [4.78, 5) is 0. The van der Waals surface area contributed by atoms with E-state index >= 15 is 0 Å². The Labute approximate surface area is 79.1 Å². The largest absolute Gasteiger partial charge is 0.510 e. The lowest BCUT2D eigenvalue weighted by atomic mass is 10.8. The Morgan fingerprint density at radius 3 is 2.00 bits per heavy atom. The lowest BCUT2D eigenvalue weighted by Crippen LogP contribution is -2.46. The topological polar surface area (TPSA) is 53.7 Å². The maximum absolute atomic E-state index is 5.35. The van der Waals surface area contributed by atoms with E-state index in [4.69, 9.17) is 19.0 Å². The van der Waals surface area contributed by atoms with Crippen molar-refractivity contribution in [3.63, 3.8) is 0 Å². The average molecular weight is 211 g/mol. The van der Waals surface area contributed by atoms with Crippen molar-refractivity contribution < 1.29 is 13.3 Å². The third-order valence-corrected chi connectivity index (χ3v) is 6.10. The Bertz CT molecular complexity index is 105. The standard InChI is InChI=1S/C6H17NO3SSi/c1-8-12(9-2,10-3)6-11-5-4-7/h4-7H2,1-3H3. The molecule has 12 heavy (non-hydrogen) atoms. The lowest BCUT2D eigenvalue weighted by Gasteiger charge is -2.23. The van der Waals surface area contributed by atoms with E-state index in [9.17, 15) is 0 Å². The fraction of sp³-hybridized carbons (Fsp3) is 1.00. The first-order chi connectivity index (χ1) is 5.74. The molecule has 0 heterocycles. The van der Waals surface area contributed by atoms with Crippen LogP contribution in [0.4, 0.5) is 0 Å². The van der Waals surface area contributed by atoms with E-state index in [2.05, 4.69) is 0 Å². The van der Waals surface area contributed by atoms with Crippen LogP contribution in [-0.2, 0) is 13.3 Å². The van der Waals surface area contributed by atoms with Gasteiger partial charge in [-0.05, 0) is 0 Å². The van der Waals surface area contributed by atoms with Gasteiger partial charge in [-0.3, -0.25) is 0 Å². The van der Waals surface area contributed by atoms with Crippen LogP contribution in [0.2, 0.25) is 0 Å². The average Bonchev–Trinajstić information content (AvgIpc) is 2.14. The van der Waals surface area contributed by atoms with Crippen LogP contribution in [0.25, 0.3) is 0 Å². The van der Waals surface area contributed by atoms with Crippen molar-refractivity contribution in [2.75, 3.05) is 39.0 Å². The molecule has 0 aromatic carbocycles. The fourth-order valence-corrected chi connectivity index (χ4v) is 4.37. The Morgan fingerprint density at radius 2 is 1.67 bits per heavy atom. The highest BCUT2D eigenvalue weighted by Crippen LogP contribution is 2.13. The van der Waals surface area contributed by atoms with E-state index in [0.717, 1.165) is 11.1 Å². The monoisotopic (exact) mass is 211 g/mol. The zero-order valence-electron chi connectivity index (χ0n) is 7.83. The maximum atomic E-state index is 5.35. The SMILES string of the molecule is CO[Si](CSCCN)(OC)OC. The molecule has 0 rings (SSSR count). The van der Waals surface area contributed by atoms with E-state index in [0.29, 0.717) is 6.54 Å². The van der Waals surface area contributed by atoms with E-state index in [1.165, 1.54) is 0 Å². The molecule has 0 fully saturated rings. The second kappa shape index (κ2) is 6.87. The first-order valence-corrected chi connectivity index (χ1v) is 6.76. The molecule has 0 saturated heterocycles. The molecule has 2 N–H and O–H groups in total. The molecule has 4 nitrogen and oxygen atoms in total. The Hall–Kier alpha value is 0.407. The number of thioether (sulfide) groups is 1. The van der Waals surface area contributed by atoms with Gasteiger partial charge in [0, 0.05) is 33.6 Å². The van der Waals surface area contributed by atoms with Gasteiger partial charge in [0.25, 0.3) is 0 Å². The van der Waals surface area contributed by atoms with Gasteiger partial charge in [0.1, 0.15) is 0 Å². The molecular weight excluding hydrogens is 194 g/mol. The molecular formula is C6H17NO3SSi. The van der Waals surface area contributed by atoms with Crippen molar-refractivity contribution >= 4 is 20.6 Å². The van der Waals surface area contributed by atoms with Crippen molar-refractivity contribution in [3.05, 3.63) is 0 Å². The highest BCUT2D eigenvalue weighted by Gasteiger charge is 2.37. The maximum Gasteiger partial charge on any atom is 0.510 e. The van der Waals surface area contributed by atoms with Crippen LogP contribution in [0.1, 0.15) is 0 Å². The molecule has 0 atom stereocenters. The van der Waals surface area contributed by atoms with Gasteiger partial charge in [0.15, 0.2) is 0 Å². The lowest BCUT2D eigenvalue weighted by molar-refractivity contribution is 0.130. The van der Waals surface area contributed by atoms with Crippen molar-refractivity contribution in [1.82, 2.24) is 0 Å². The molecule has 0 saturated carbocycles. The summed E-state index contributed by atoms with van der Waals surface area (Å²) in [5.41, 5.74) is 5.35. The van der Waals surface area contributed by atoms with E-state index in [1.807, 2.05) is 0 Å². The Morgan fingerprint density at radius 1 is 1.17 bits per heavy atom. The molecule has 0 unspecified atom stereocenters. The molecule has 0 aromatic heterocycles. The minimum atomic E-state index is -2.35. The molecule has 0 spiro atoms. The normalized spacial score (nSPS) is 12.0. The number of rotatable bonds is 7. The second-order valence-electron chi connectivity index (χ2n) is 2.14. The predicted molar refractivity (Wildman–Crippen MR) is 53.2 cm³/mol. The Balaban J connectivity index is 3.76. The number of nitrogens with two attached hydrogens (primary N) is 1. The second-order valence-corrected chi connectivity index (χ2v) is 6.70. The van der Waals surface area contributed by atoms with E-state index in [-0.39, 0.29) is 0 Å². The van der Waals surface area contributed by atoms with Crippen molar-refractivity contribution in [2.45, 2.75) is 0 Å². The molecule has 0 aliphatic rings. The molecule has 6 heteroatoms. The van der Waals surface area contributed by atoms with Crippen LogP contribution in [0.5, 0.6) is 0 Å². The minimum Gasteiger partial charge on any atom is -0.376 e. The van der Waals surface area contributed by atoms with Crippen molar-refractivity contribution in [3.8, 4) is 0 Å². The predicted octanol–water partition coefficient (Wildman–Crippen LogP) is 0.0956. The first-order valence-electron chi connectivity index (χ1n) is 3.68. The molecule has 0 aromatic rings. The number of hydrogen-bond donors (Lipinski definition) is 1. The molecule has 0 radical (unpaired) electrons. The fourth-order valence-electron chi connectivity index (χ4n) is 0.707. The smallest absolute Gasteiger partial charge is 0.376 e. The van der Waals surface area contributed by atoms with Crippen LogP contribution in [0, 0.1) is 0 Å². The first kappa shape index (κ1) is 12.4. The zero-order chi connectivity index (χ0) is 9.45. The highest BCUT2D eigenvalue weighted by molar-refractivity contribution is 8.00. The van der Waals surface area contributed by atoms with Crippen molar-refractivity contribution in [2.24, 2.45) is 5.73 Å². The van der Waals surface area contributed by atoms with Crippen LogP contribution in [0.15, 0.2) is 0 Å². The quantitative estimate of drug-likeness (QED) is 0.478. The molecule has 74 valence electrons.